The van der Waals surface area contributed by atoms with Crippen molar-refractivity contribution in [2.75, 3.05) is 11.1 Å². The number of para-hydroxylation sites is 3. The SMILES string of the molecule is Cc1ccccc1-n1c(SCC(=O)Nc2ccccc2C(=O)O[C@H]2C[C@H](C)CC[C@@H]2C(C)C)nnc1-c1c[nH]c2ccccc12. The lowest BCUT2D eigenvalue weighted by atomic mass is 9.75. The molecule has 9 heteroatoms. The Balaban J connectivity index is 1.21. The van der Waals surface area contributed by atoms with E-state index in [4.69, 9.17) is 4.74 Å². The number of anilines is 1. The van der Waals surface area contributed by atoms with Gasteiger partial charge < -0.3 is 15.0 Å². The van der Waals surface area contributed by atoms with Crippen molar-refractivity contribution in [1.29, 1.82) is 0 Å². The van der Waals surface area contributed by atoms with Gasteiger partial charge >= 0.3 is 5.97 Å². The summed E-state index contributed by atoms with van der Waals surface area (Å²) in [6.45, 7) is 8.64. The summed E-state index contributed by atoms with van der Waals surface area (Å²) >= 11 is 1.30. The van der Waals surface area contributed by atoms with Gasteiger partial charge in [0.25, 0.3) is 0 Å². The number of ether oxygens (including phenoxy) is 1. The summed E-state index contributed by atoms with van der Waals surface area (Å²) in [4.78, 5) is 30.0. The van der Waals surface area contributed by atoms with Gasteiger partial charge in [-0.2, -0.15) is 0 Å². The number of rotatable bonds is 9. The van der Waals surface area contributed by atoms with E-state index in [-0.39, 0.29) is 17.8 Å². The number of carbonyl (C=O) groups excluding carboxylic acids is 2. The molecule has 3 aromatic carbocycles. The van der Waals surface area contributed by atoms with Gasteiger partial charge in [0, 0.05) is 22.7 Å². The molecule has 3 atom stereocenters. The number of aromatic amines is 1. The van der Waals surface area contributed by atoms with Crippen molar-refractivity contribution in [3.8, 4) is 17.1 Å². The minimum Gasteiger partial charge on any atom is -0.458 e. The minimum atomic E-state index is -0.397. The Hall–Kier alpha value is -4.37. The maximum Gasteiger partial charge on any atom is 0.340 e. The molecule has 45 heavy (non-hydrogen) atoms. The largest absolute Gasteiger partial charge is 0.458 e. The highest BCUT2D eigenvalue weighted by atomic mass is 32.2. The van der Waals surface area contributed by atoms with Gasteiger partial charge in [0.05, 0.1) is 22.7 Å². The highest BCUT2D eigenvalue weighted by molar-refractivity contribution is 7.99. The number of nitrogens with one attached hydrogen (secondary N) is 2. The lowest BCUT2D eigenvalue weighted by Crippen LogP contribution is -2.36. The molecule has 0 saturated heterocycles. The van der Waals surface area contributed by atoms with Gasteiger partial charge in [0.1, 0.15) is 6.10 Å². The molecule has 1 fully saturated rings. The van der Waals surface area contributed by atoms with Crippen molar-refractivity contribution in [3.05, 3.63) is 90.1 Å². The number of aromatic nitrogens is 4. The zero-order valence-corrected chi connectivity index (χ0v) is 26.9. The van der Waals surface area contributed by atoms with Crippen LogP contribution < -0.4 is 5.32 Å². The van der Waals surface area contributed by atoms with Gasteiger partial charge in [-0.15, -0.1) is 10.2 Å². The molecule has 8 nitrogen and oxygen atoms in total. The molecule has 0 unspecified atom stereocenters. The van der Waals surface area contributed by atoms with Crippen LogP contribution in [-0.2, 0) is 9.53 Å². The second-order valence-electron chi connectivity index (χ2n) is 12.3. The van der Waals surface area contributed by atoms with Crippen LogP contribution in [0.2, 0.25) is 0 Å². The summed E-state index contributed by atoms with van der Waals surface area (Å²) in [5.41, 5.74) is 4.74. The third kappa shape index (κ3) is 6.54. The quantitative estimate of drug-likeness (QED) is 0.127. The fourth-order valence-corrected chi connectivity index (χ4v) is 7.11. The van der Waals surface area contributed by atoms with Gasteiger partial charge in [-0.3, -0.25) is 9.36 Å². The van der Waals surface area contributed by atoms with Crippen LogP contribution in [0, 0.1) is 24.7 Å². The first kappa shape index (κ1) is 30.6. The molecular formula is C36H39N5O3S. The molecule has 2 aromatic heterocycles. The number of thioether (sulfide) groups is 1. The van der Waals surface area contributed by atoms with Gasteiger partial charge in [-0.25, -0.2) is 4.79 Å². The fourth-order valence-electron chi connectivity index (χ4n) is 6.36. The molecule has 0 bridgehead atoms. The van der Waals surface area contributed by atoms with Crippen molar-refractivity contribution in [2.24, 2.45) is 17.8 Å². The summed E-state index contributed by atoms with van der Waals surface area (Å²) in [7, 11) is 0. The van der Waals surface area contributed by atoms with E-state index < -0.39 is 5.97 Å². The number of esters is 1. The first-order valence-corrected chi connectivity index (χ1v) is 16.6. The highest BCUT2D eigenvalue weighted by Crippen LogP contribution is 2.37. The van der Waals surface area contributed by atoms with E-state index in [1.807, 2.05) is 60.2 Å². The number of H-pyrrole nitrogens is 1. The van der Waals surface area contributed by atoms with E-state index in [1.165, 1.54) is 11.8 Å². The molecule has 1 saturated carbocycles. The van der Waals surface area contributed by atoms with E-state index in [2.05, 4.69) is 47.3 Å². The number of hydrogen-bond acceptors (Lipinski definition) is 6. The summed E-state index contributed by atoms with van der Waals surface area (Å²) in [6.07, 6.45) is 4.89. The fraction of sp³-hybridized carbons (Fsp3) is 0.333. The molecule has 0 aliphatic heterocycles. The molecule has 2 N–H and O–H groups in total. The summed E-state index contributed by atoms with van der Waals surface area (Å²) < 4.78 is 8.10. The van der Waals surface area contributed by atoms with E-state index in [1.54, 1.807) is 24.3 Å². The van der Waals surface area contributed by atoms with Crippen LogP contribution in [0.1, 0.15) is 56.0 Å². The third-order valence-corrected chi connectivity index (χ3v) is 9.72. The Morgan fingerprint density at radius 3 is 2.60 bits per heavy atom. The topological polar surface area (TPSA) is 102 Å². The minimum absolute atomic E-state index is 0.0802. The zero-order valence-electron chi connectivity index (χ0n) is 26.1. The van der Waals surface area contributed by atoms with Crippen LogP contribution in [0.4, 0.5) is 5.69 Å². The third-order valence-electron chi connectivity index (χ3n) is 8.79. The van der Waals surface area contributed by atoms with Gasteiger partial charge in [-0.1, -0.05) is 87.5 Å². The monoisotopic (exact) mass is 621 g/mol. The molecule has 5 aromatic rings. The van der Waals surface area contributed by atoms with E-state index >= 15 is 0 Å². The Labute approximate surface area is 268 Å². The average molecular weight is 622 g/mol. The van der Waals surface area contributed by atoms with Crippen LogP contribution in [-0.4, -0.2) is 43.5 Å². The van der Waals surface area contributed by atoms with Crippen molar-refractivity contribution in [1.82, 2.24) is 19.7 Å². The summed E-state index contributed by atoms with van der Waals surface area (Å²) in [5.74, 6) is 1.41. The van der Waals surface area contributed by atoms with Crippen LogP contribution in [0.3, 0.4) is 0 Å². The van der Waals surface area contributed by atoms with Crippen molar-refractivity contribution < 1.29 is 14.3 Å². The molecule has 0 spiro atoms. The van der Waals surface area contributed by atoms with Gasteiger partial charge in [-0.05, 0) is 67.3 Å². The number of nitrogens with zero attached hydrogens (tertiary/aromatic N) is 3. The predicted molar refractivity (Wildman–Crippen MR) is 180 cm³/mol. The molecule has 1 aliphatic rings. The molecular weight excluding hydrogens is 582 g/mol. The van der Waals surface area contributed by atoms with E-state index in [0.717, 1.165) is 47.0 Å². The second kappa shape index (κ2) is 13.3. The smallest absolute Gasteiger partial charge is 0.340 e. The Morgan fingerprint density at radius 1 is 1.02 bits per heavy atom. The van der Waals surface area contributed by atoms with Crippen LogP contribution in [0.25, 0.3) is 28.0 Å². The Morgan fingerprint density at radius 2 is 1.78 bits per heavy atom. The lowest BCUT2D eigenvalue weighted by Gasteiger charge is -2.36. The van der Waals surface area contributed by atoms with Gasteiger partial charge in [0.15, 0.2) is 11.0 Å². The average Bonchev–Trinajstić information content (AvgIpc) is 3.64. The summed E-state index contributed by atoms with van der Waals surface area (Å²) in [6, 6.07) is 23.2. The van der Waals surface area contributed by atoms with Crippen molar-refractivity contribution in [3.63, 3.8) is 0 Å². The number of aryl methyl sites for hydroxylation is 1. The standard InChI is InChI=1S/C36H39N5O3S/c1-22(2)25-18-17-23(3)19-32(25)44-35(43)27-13-7-9-15-30(27)38-33(42)21-45-36-40-39-34(41(36)31-16-10-5-11-24(31)4)28-20-37-29-14-8-6-12-26(28)29/h5-16,20,22-23,25,32,37H,17-19,21H2,1-4H3,(H,38,42)/t23-,25-,32+/m1/s1. The molecule has 2 heterocycles. The molecule has 1 aliphatic carbocycles. The summed E-state index contributed by atoms with van der Waals surface area (Å²) in [5, 5.41) is 13.7. The first-order chi connectivity index (χ1) is 21.8. The van der Waals surface area contributed by atoms with Gasteiger partial charge in [0.2, 0.25) is 5.91 Å². The molecule has 232 valence electrons. The van der Waals surface area contributed by atoms with Crippen molar-refractivity contribution in [2.45, 2.75) is 58.2 Å². The van der Waals surface area contributed by atoms with E-state index in [0.29, 0.717) is 40.0 Å². The second-order valence-corrected chi connectivity index (χ2v) is 13.3. The number of fused-ring (bicyclic) bond motifs is 1. The maximum atomic E-state index is 13.4. The lowest BCUT2D eigenvalue weighted by molar-refractivity contribution is -0.113. The first-order valence-electron chi connectivity index (χ1n) is 15.6. The highest BCUT2D eigenvalue weighted by Gasteiger charge is 2.34. The Bertz CT molecular complexity index is 1830. The predicted octanol–water partition coefficient (Wildman–Crippen LogP) is 8.07. The number of hydrogen-bond donors (Lipinski definition) is 2. The zero-order chi connectivity index (χ0) is 31.5. The molecule has 1 amide bonds. The maximum absolute atomic E-state index is 13.4. The van der Waals surface area contributed by atoms with Crippen LogP contribution in [0.5, 0.6) is 0 Å². The van der Waals surface area contributed by atoms with Crippen LogP contribution in [0.15, 0.2) is 84.1 Å². The normalized spacial score (nSPS) is 18.3. The van der Waals surface area contributed by atoms with E-state index in [9.17, 15) is 9.59 Å². The number of benzene rings is 3. The van der Waals surface area contributed by atoms with Crippen molar-refractivity contribution >= 4 is 40.2 Å². The Kier molecular flexibility index (Phi) is 9.07. The molecule has 6 rings (SSSR count). The number of amides is 1. The molecule has 0 radical (unpaired) electrons. The van der Waals surface area contributed by atoms with Crippen LogP contribution >= 0.6 is 11.8 Å². The number of carbonyl (C=O) groups is 2.